The van der Waals surface area contributed by atoms with Gasteiger partial charge in [0.05, 0.1) is 6.61 Å². The van der Waals surface area contributed by atoms with E-state index in [0.29, 0.717) is 6.04 Å². The van der Waals surface area contributed by atoms with Gasteiger partial charge in [-0.05, 0) is 66.0 Å². The molecule has 0 saturated carbocycles. The third-order valence-electron chi connectivity index (χ3n) is 5.27. The zero-order chi connectivity index (χ0) is 18.3. The lowest BCUT2D eigenvalue weighted by molar-refractivity contribution is -0.00738. The van der Waals surface area contributed by atoms with Crippen molar-refractivity contribution in [2.75, 3.05) is 46.4 Å². The van der Waals surface area contributed by atoms with Gasteiger partial charge in [-0.15, -0.1) is 0 Å². The topological polar surface area (TPSA) is 62.8 Å². The largest absolute Gasteiger partial charge is 0.444 e. The van der Waals surface area contributed by atoms with Crippen molar-refractivity contribution < 1.29 is 14.3 Å². The SMILES string of the molecule is COCC1(CNC2CCCNCC2)CCN(C(=O)OC(C)(C)C)CC1. The van der Waals surface area contributed by atoms with Crippen LogP contribution in [0, 0.1) is 5.41 Å². The van der Waals surface area contributed by atoms with Crippen molar-refractivity contribution >= 4 is 6.09 Å². The van der Waals surface area contributed by atoms with Crippen LogP contribution in [0.4, 0.5) is 4.79 Å². The van der Waals surface area contributed by atoms with Crippen LogP contribution in [0.1, 0.15) is 52.9 Å². The van der Waals surface area contributed by atoms with E-state index < -0.39 is 5.60 Å². The van der Waals surface area contributed by atoms with Crippen molar-refractivity contribution in [3.8, 4) is 0 Å². The molecule has 0 aromatic heterocycles. The summed E-state index contributed by atoms with van der Waals surface area (Å²) in [6, 6.07) is 0.590. The Kier molecular flexibility index (Phi) is 7.52. The number of amides is 1. The second-order valence-corrected chi connectivity index (χ2v) is 8.66. The van der Waals surface area contributed by atoms with Crippen molar-refractivity contribution in [2.45, 2.75) is 64.5 Å². The third kappa shape index (κ3) is 6.76. The first-order chi connectivity index (χ1) is 11.8. The second kappa shape index (κ2) is 9.19. The smallest absolute Gasteiger partial charge is 0.410 e. The summed E-state index contributed by atoms with van der Waals surface area (Å²) >= 11 is 0. The second-order valence-electron chi connectivity index (χ2n) is 8.66. The highest BCUT2D eigenvalue weighted by atomic mass is 16.6. The average Bonchev–Trinajstić information content (AvgIpc) is 2.81. The van der Waals surface area contributed by atoms with Crippen molar-refractivity contribution in [3.05, 3.63) is 0 Å². The summed E-state index contributed by atoms with van der Waals surface area (Å²) in [6.45, 7) is 11.2. The Labute approximate surface area is 153 Å². The zero-order valence-corrected chi connectivity index (χ0v) is 16.5. The van der Waals surface area contributed by atoms with Crippen molar-refractivity contribution in [2.24, 2.45) is 5.41 Å². The molecule has 1 unspecified atom stereocenters. The summed E-state index contributed by atoms with van der Waals surface area (Å²) in [4.78, 5) is 14.1. The lowest BCUT2D eigenvalue weighted by atomic mass is 9.78. The van der Waals surface area contributed by atoms with E-state index in [1.807, 2.05) is 25.7 Å². The van der Waals surface area contributed by atoms with Gasteiger partial charge in [0.25, 0.3) is 0 Å². The summed E-state index contributed by atoms with van der Waals surface area (Å²) in [7, 11) is 1.78. The molecule has 2 heterocycles. The number of carbonyl (C=O) groups excluding carboxylic acids is 1. The molecule has 2 saturated heterocycles. The minimum atomic E-state index is -0.437. The molecule has 2 N–H and O–H groups in total. The van der Waals surface area contributed by atoms with E-state index in [0.717, 1.165) is 52.2 Å². The molecule has 0 aromatic carbocycles. The molecule has 0 aliphatic carbocycles. The normalized spacial score (nSPS) is 24.6. The van der Waals surface area contributed by atoms with Gasteiger partial charge in [0.1, 0.15) is 5.60 Å². The van der Waals surface area contributed by atoms with Crippen molar-refractivity contribution in [1.29, 1.82) is 0 Å². The molecule has 146 valence electrons. The predicted molar refractivity (Wildman–Crippen MR) is 99.9 cm³/mol. The van der Waals surface area contributed by atoms with Crippen molar-refractivity contribution in [1.82, 2.24) is 15.5 Å². The summed E-state index contributed by atoms with van der Waals surface area (Å²) in [6.07, 6.45) is 5.38. The number of rotatable bonds is 5. The third-order valence-corrected chi connectivity index (χ3v) is 5.27. The summed E-state index contributed by atoms with van der Waals surface area (Å²) in [5.74, 6) is 0. The molecule has 6 nitrogen and oxygen atoms in total. The van der Waals surface area contributed by atoms with Crippen LogP contribution in [-0.2, 0) is 9.47 Å². The van der Waals surface area contributed by atoms with Crippen LogP contribution in [0.15, 0.2) is 0 Å². The molecular formula is C19H37N3O3. The molecule has 2 fully saturated rings. The van der Waals surface area contributed by atoms with Crippen molar-refractivity contribution in [3.63, 3.8) is 0 Å². The highest BCUT2D eigenvalue weighted by Gasteiger charge is 2.37. The first-order valence-corrected chi connectivity index (χ1v) is 9.75. The minimum Gasteiger partial charge on any atom is -0.444 e. The maximum atomic E-state index is 12.3. The number of likely N-dealkylation sites (tertiary alicyclic amines) is 1. The van der Waals surface area contributed by atoms with Gasteiger partial charge < -0.3 is 25.0 Å². The monoisotopic (exact) mass is 355 g/mol. The Morgan fingerprint density at radius 2 is 1.96 bits per heavy atom. The molecule has 2 aliphatic heterocycles. The minimum absolute atomic E-state index is 0.118. The molecule has 0 aromatic rings. The van der Waals surface area contributed by atoms with Gasteiger partial charge in [0.15, 0.2) is 0 Å². The molecule has 0 radical (unpaired) electrons. The Balaban J connectivity index is 1.85. The Hall–Kier alpha value is -0.850. The standard InChI is InChI=1S/C19H37N3O3/c1-18(2,3)25-17(23)22-12-8-19(9-13-22,15-24-4)14-21-16-6-5-10-20-11-7-16/h16,20-21H,5-15H2,1-4H3. The summed E-state index contributed by atoms with van der Waals surface area (Å²) in [5, 5.41) is 7.25. The van der Waals surface area contributed by atoms with Crippen LogP contribution in [0.2, 0.25) is 0 Å². The molecule has 2 rings (SSSR count). The maximum Gasteiger partial charge on any atom is 0.410 e. The molecule has 1 atom stereocenters. The van der Waals surface area contributed by atoms with E-state index in [9.17, 15) is 4.79 Å². The number of nitrogens with zero attached hydrogens (tertiary/aromatic N) is 1. The van der Waals surface area contributed by atoms with Gasteiger partial charge in [0, 0.05) is 38.2 Å². The van der Waals surface area contributed by atoms with E-state index in [4.69, 9.17) is 9.47 Å². The van der Waals surface area contributed by atoms with Gasteiger partial charge in [0.2, 0.25) is 0 Å². The fourth-order valence-electron chi connectivity index (χ4n) is 3.75. The molecule has 25 heavy (non-hydrogen) atoms. The molecule has 6 heteroatoms. The number of piperidine rings is 1. The number of hydrogen-bond donors (Lipinski definition) is 2. The van der Waals surface area contributed by atoms with Gasteiger partial charge in [-0.1, -0.05) is 0 Å². The summed E-state index contributed by atoms with van der Waals surface area (Å²) < 4.78 is 11.0. The zero-order valence-electron chi connectivity index (χ0n) is 16.5. The van der Waals surface area contributed by atoms with Gasteiger partial charge in [-0.2, -0.15) is 0 Å². The van der Waals surface area contributed by atoms with Gasteiger partial charge >= 0.3 is 6.09 Å². The average molecular weight is 356 g/mol. The lowest BCUT2D eigenvalue weighted by Crippen LogP contribution is -2.51. The molecule has 0 bridgehead atoms. The number of carbonyl (C=O) groups is 1. The van der Waals surface area contributed by atoms with Crippen LogP contribution in [0.5, 0.6) is 0 Å². The molecule has 1 amide bonds. The van der Waals surface area contributed by atoms with E-state index >= 15 is 0 Å². The molecule has 2 aliphatic rings. The maximum absolute atomic E-state index is 12.3. The molecule has 0 spiro atoms. The van der Waals surface area contributed by atoms with E-state index in [2.05, 4.69) is 10.6 Å². The van der Waals surface area contributed by atoms with Crippen LogP contribution >= 0.6 is 0 Å². The van der Waals surface area contributed by atoms with Gasteiger partial charge in [-0.3, -0.25) is 0 Å². The quantitative estimate of drug-likeness (QED) is 0.793. The Morgan fingerprint density at radius 1 is 1.24 bits per heavy atom. The van der Waals surface area contributed by atoms with Crippen LogP contribution in [-0.4, -0.2) is 69.1 Å². The van der Waals surface area contributed by atoms with Crippen LogP contribution in [0.25, 0.3) is 0 Å². The number of hydrogen-bond acceptors (Lipinski definition) is 5. The van der Waals surface area contributed by atoms with E-state index in [1.54, 1.807) is 7.11 Å². The highest BCUT2D eigenvalue weighted by Crippen LogP contribution is 2.32. The fraction of sp³-hybridized carbons (Fsp3) is 0.947. The summed E-state index contributed by atoms with van der Waals surface area (Å²) in [5.41, 5.74) is -0.319. The first kappa shape index (κ1) is 20.5. The fourth-order valence-corrected chi connectivity index (χ4v) is 3.75. The molecular weight excluding hydrogens is 318 g/mol. The predicted octanol–water partition coefficient (Wildman–Crippen LogP) is 2.38. The number of nitrogens with one attached hydrogen (secondary N) is 2. The van der Waals surface area contributed by atoms with E-state index in [-0.39, 0.29) is 11.5 Å². The van der Waals surface area contributed by atoms with Crippen LogP contribution in [0.3, 0.4) is 0 Å². The first-order valence-electron chi connectivity index (χ1n) is 9.75. The number of methoxy groups -OCH3 is 1. The van der Waals surface area contributed by atoms with Crippen LogP contribution < -0.4 is 10.6 Å². The van der Waals surface area contributed by atoms with Gasteiger partial charge in [-0.25, -0.2) is 4.79 Å². The van der Waals surface area contributed by atoms with E-state index in [1.165, 1.54) is 19.3 Å². The number of ether oxygens (including phenoxy) is 2. The highest BCUT2D eigenvalue weighted by molar-refractivity contribution is 5.68. The Morgan fingerprint density at radius 3 is 2.60 bits per heavy atom. The lowest BCUT2D eigenvalue weighted by Gasteiger charge is -2.42. The Bertz CT molecular complexity index is 407.